The average molecular weight is 368 g/mol. The number of thiophene rings is 1. The van der Waals surface area contributed by atoms with Crippen molar-refractivity contribution < 1.29 is 9.18 Å². The zero-order valence-corrected chi connectivity index (χ0v) is 14.2. The molecule has 130 valence electrons. The smallest absolute Gasteiger partial charge is 0.272 e. The second-order valence-electron chi connectivity index (χ2n) is 5.59. The van der Waals surface area contributed by atoms with Gasteiger partial charge in [0.05, 0.1) is 28.4 Å². The van der Waals surface area contributed by atoms with Gasteiger partial charge in [0.15, 0.2) is 5.65 Å². The van der Waals surface area contributed by atoms with Crippen molar-refractivity contribution in [3.63, 3.8) is 0 Å². The molecule has 0 spiro atoms. The lowest BCUT2D eigenvalue weighted by Crippen LogP contribution is -2.26. The van der Waals surface area contributed by atoms with E-state index in [0.717, 1.165) is 10.6 Å². The van der Waals surface area contributed by atoms with Gasteiger partial charge in [0, 0.05) is 12.1 Å². The van der Waals surface area contributed by atoms with Crippen LogP contribution in [0.1, 0.15) is 16.1 Å². The number of benzene rings is 1. The number of H-pyrrole nitrogens is 1. The highest BCUT2D eigenvalue weighted by Gasteiger charge is 2.12. The Kier molecular flexibility index (Phi) is 4.10. The van der Waals surface area contributed by atoms with Crippen LogP contribution >= 0.6 is 11.3 Å². The van der Waals surface area contributed by atoms with Crippen LogP contribution in [-0.2, 0) is 6.54 Å². The largest absolute Gasteiger partial charge is 0.346 e. The van der Waals surface area contributed by atoms with Crippen LogP contribution in [0.5, 0.6) is 0 Å². The van der Waals surface area contributed by atoms with E-state index in [-0.39, 0.29) is 17.7 Å². The van der Waals surface area contributed by atoms with Crippen LogP contribution in [0, 0.1) is 5.82 Å². The van der Waals surface area contributed by atoms with Crippen molar-refractivity contribution in [3.05, 3.63) is 81.3 Å². The summed E-state index contributed by atoms with van der Waals surface area (Å²) in [6, 6.07) is 12.7. The Morgan fingerprint density at radius 1 is 1.23 bits per heavy atom. The molecule has 3 aromatic heterocycles. The van der Waals surface area contributed by atoms with E-state index in [1.165, 1.54) is 28.8 Å². The van der Waals surface area contributed by atoms with Gasteiger partial charge in [-0.25, -0.2) is 13.9 Å². The van der Waals surface area contributed by atoms with Gasteiger partial charge in [-0.1, -0.05) is 18.2 Å². The van der Waals surface area contributed by atoms with Crippen LogP contribution in [0.3, 0.4) is 0 Å². The Morgan fingerprint density at radius 3 is 2.85 bits per heavy atom. The minimum absolute atomic E-state index is 0.0262. The Hall–Kier alpha value is -3.26. The lowest BCUT2D eigenvalue weighted by atomic mass is 10.2. The number of hydrogen-bond acceptors (Lipinski definition) is 4. The Bertz CT molecular complexity index is 1150. The fourth-order valence-electron chi connectivity index (χ4n) is 2.60. The molecular formula is C18H13FN4O2S. The fourth-order valence-corrected chi connectivity index (χ4v) is 3.29. The summed E-state index contributed by atoms with van der Waals surface area (Å²) in [6.07, 6.45) is 0. The van der Waals surface area contributed by atoms with Crippen molar-refractivity contribution in [1.29, 1.82) is 0 Å². The Labute approximate surface area is 150 Å². The third kappa shape index (κ3) is 3.02. The first-order valence-electron chi connectivity index (χ1n) is 7.80. The summed E-state index contributed by atoms with van der Waals surface area (Å²) in [7, 11) is 0. The summed E-state index contributed by atoms with van der Waals surface area (Å²) in [6.45, 7) is 0.0262. The van der Waals surface area contributed by atoms with Crippen LogP contribution in [0.2, 0.25) is 0 Å². The molecular weight excluding hydrogens is 355 g/mol. The van der Waals surface area contributed by atoms with Crippen LogP contribution in [0.4, 0.5) is 4.39 Å². The molecule has 0 saturated heterocycles. The quantitative estimate of drug-likeness (QED) is 0.581. The maximum atomic E-state index is 13.6. The zero-order chi connectivity index (χ0) is 18.1. The second-order valence-corrected chi connectivity index (χ2v) is 6.54. The summed E-state index contributed by atoms with van der Waals surface area (Å²) >= 11 is 1.55. The van der Waals surface area contributed by atoms with Gasteiger partial charge in [-0.3, -0.25) is 14.7 Å². The van der Waals surface area contributed by atoms with E-state index in [1.54, 1.807) is 23.5 Å². The van der Waals surface area contributed by atoms with Crippen molar-refractivity contribution >= 4 is 22.9 Å². The molecule has 0 aliphatic heterocycles. The number of aromatic nitrogens is 3. The Morgan fingerprint density at radius 2 is 2.08 bits per heavy atom. The summed E-state index contributed by atoms with van der Waals surface area (Å²) in [4.78, 5) is 29.7. The number of halogens is 1. The first-order valence-corrected chi connectivity index (χ1v) is 8.68. The topological polar surface area (TPSA) is 79.3 Å². The molecule has 0 radical (unpaired) electrons. The molecule has 1 aromatic carbocycles. The predicted octanol–water partition coefficient (Wildman–Crippen LogP) is 2.82. The maximum Gasteiger partial charge on any atom is 0.272 e. The number of hydrogen-bond donors (Lipinski definition) is 2. The highest BCUT2D eigenvalue weighted by Crippen LogP contribution is 2.23. The predicted molar refractivity (Wildman–Crippen MR) is 96.7 cm³/mol. The number of nitrogens with one attached hydrogen (secondary N) is 2. The molecule has 0 unspecified atom stereocenters. The summed E-state index contributed by atoms with van der Waals surface area (Å²) in [5.41, 5.74) is 1.31. The van der Waals surface area contributed by atoms with E-state index in [2.05, 4.69) is 15.4 Å². The molecule has 0 atom stereocenters. The summed E-state index contributed by atoms with van der Waals surface area (Å²) in [5, 5.41) is 7.54. The van der Waals surface area contributed by atoms with Gasteiger partial charge in [-0.05, 0) is 23.6 Å². The standard InChI is InChI=1S/C18H13FN4O2S/c19-13-5-2-1-4-12(13)18(25)20-10-11-8-17(24)23-16(21-11)9-14(22-23)15-6-3-7-26-15/h1-9,22H,10H2,(H,20,25). The normalized spacial score (nSPS) is 11.0. The first kappa shape index (κ1) is 16.2. The van der Waals surface area contributed by atoms with Crippen LogP contribution in [0.15, 0.2) is 58.7 Å². The lowest BCUT2D eigenvalue weighted by Gasteiger charge is -2.05. The summed E-state index contributed by atoms with van der Waals surface area (Å²) in [5.74, 6) is -1.15. The van der Waals surface area contributed by atoms with Gasteiger partial charge in [-0.2, -0.15) is 0 Å². The molecule has 3 heterocycles. The average Bonchev–Trinajstić information content (AvgIpc) is 3.29. The molecule has 0 aliphatic rings. The molecule has 26 heavy (non-hydrogen) atoms. The summed E-state index contributed by atoms with van der Waals surface area (Å²) < 4.78 is 15.0. The van der Waals surface area contributed by atoms with Crippen molar-refractivity contribution in [1.82, 2.24) is 19.9 Å². The molecule has 1 amide bonds. The first-order chi connectivity index (χ1) is 12.6. The van der Waals surface area contributed by atoms with Crippen LogP contribution in [0.25, 0.3) is 16.2 Å². The van der Waals surface area contributed by atoms with Crippen molar-refractivity contribution in [2.24, 2.45) is 0 Å². The number of nitrogens with zero attached hydrogens (tertiary/aromatic N) is 2. The van der Waals surface area contributed by atoms with E-state index in [1.807, 2.05) is 17.5 Å². The number of carbonyl (C=O) groups is 1. The lowest BCUT2D eigenvalue weighted by molar-refractivity contribution is 0.0946. The molecule has 0 fully saturated rings. The van der Waals surface area contributed by atoms with Gasteiger partial charge in [-0.15, -0.1) is 11.3 Å². The number of carbonyl (C=O) groups excluding carboxylic acids is 1. The maximum absolute atomic E-state index is 13.6. The molecule has 4 rings (SSSR count). The SMILES string of the molecule is O=C(NCc1cc(=O)n2[nH]c(-c3cccs3)cc2n1)c1ccccc1F. The van der Waals surface area contributed by atoms with Crippen molar-refractivity contribution in [2.75, 3.05) is 0 Å². The van der Waals surface area contributed by atoms with Gasteiger partial charge >= 0.3 is 0 Å². The van der Waals surface area contributed by atoms with E-state index in [9.17, 15) is 14.0 Å². The van der Waals surface area contributed by atoms with Gasteiger partial charge in [0.25, 0.3) is 11.5 Å². The molecule has 4 aromatic rings. The van der Waals surface area contributed by atoms with Crippen molar-refractivity contribution in [2.45, 2.75) is 6.54 Å². The molecule has 0 saturated carbocycles. The third-order valence-electron chi connectivity index (χ3n) is 3.84. The highest BCUT2D eigenvalue weighted by atomic mass is 32.1. The van der Waals surface area contributed by atoms with Crippen LogP contribution in [-0.4, -0.2) is 20.5 Å². The highest BCUT2D eigenvalue weighted by molar-refractivity contribution is 7.13. The van der Waals surface area contributed by atoms with Crippen molar-refractivity contribution in [3.8, 4) is 10.6 Å². The van der Waals surface area contributed by atoms with Gasteiger partial charge < -0.3 is 5.32 Å². The monoisotopic (exact) mass is 368 g/mol. The van der Waals surface area contributed by atoms with E-state index >= 15 is 0 Å². The number of rotatable bonds is 4. The van der Waals surface area contributed by atoms with Gasteiger partial charge in [0.2, 0.25) is 0 Å². The molecule has 0 bridgehead atoms. The number of aromatic amines is 1. The van der Waals surface area contributed by atoms with E-state index in [4.69, 9.17) is 0 Å². The molecule has 6 nitrogen and oxygen atoms in total. The van der Waals surface area contributed by atoms with E-state index in [0.29, 0.717) is 11.3 Å². The minimum Gasteiger partial charge on any atom is -0.346 e. The molecule has 8 heteroatoms. The van der Waals surface area contributed by atoms with Gasteiger partial charge in [0.1, 0.15) is 5.82 Å². The number of fused-ring (bicyclic) bond motifs is 1. The van der Waals surface area contributed by atoms with Crippen LogP contribution < -0.4 is 10.9 Å². The zero-order valence-electron chi connectivity index (χ0n) is 13.4. The minimum atomic E-state index is -0.597. The Balaban J connectivity index is 1.58. The number of amides is 1. The molecule has 0 aliphatic carbocycles. The molecule has 2 N–H and O–H groups in total. The fraction of sp³-hybridized carbons (Fsp3) is 0.0556. The second kappa shape index (κ2) is 6.57. The third-order valence-corrected chi connectivity index (χ3v) is 4.74. The van der Waals surface area contributed by atoms with E-state index < -0.39 is 11.7 Å².